The van der Waals surface area contributed by atoms with E-state index in [0.29, 0.717) is 5.69 Å². The zero-order chi connectivity index (χ0) is 16.3. The molecule has 1 amide bonds. The van der Waals surface area contributed by atoms with Gasteiger partial charge in [-0.1, -0.05) is 12.1 Å². The number of rotatable bonds is 4. The van der Waals surface area contributed by atoms with Gasteiger partial charge in [-0.15, -0.1) is 0 Å². The van der Waals surface area contributed by atoms with Crippen LogP contribution in [0.5, 0.6) is 0 Å². The van der Waals surface area contributed by atoms with E-state index in [-0.39, 0.29) is 5.56 Å². The number of carbonyl (C=O) groups excluding carboxylic acids is 1. The van der Waals surface area contributed by atoms with Crippen molar-refractivity contribution >= 4 is 45.6 Å². The molecule has 0 atom stereocenters. The molecule has 0 aliphatic carbocycles. The molecule has 2 aromatic rings. The molecule has 1 N–H and O–H groups in total. The molecule has 0 fully saturated rings. The Morgan fingerprint density at radius 3 is 2.23 bits per heavy atom. The summed E-state index contributed by atoms with van der Waals surface area (Å²) in [5.41, 5.74) is -0.859. The summed E-state index contributed by atoms with van der Waals surface area (Å²) in [6.07, 6.45) is 0. The minimum Gasteiger partial charge on any atom is -0.321 e. The van der Waals surface area contributed by atoms with Crippen molar-refractivity contribution in [1.82, 2.24) is 0 Å². The average Bonchev–Trinajstić information content (AvgIpc) is 2.48. The Kier molecular flexibility index (Phi) is 4.65. The molecule has 0 saturated heterocycles. The molecule has 22 heavy (non-hydrogen) atoms. The quantitative estimate of drug-likeness (QED) is 0.469. The highest BCUT2D eigenvalue weighted by atomic mass is 127. The smallest absolute Gasteiger partial charge is 0.321 e. The van der Waals surface area contributed by atoms with Gasteiger partial charge in [-0.25, -0.2) is 0 Å². The van der Waals surface area contributed by atoms with Crippen LogP contribution >= 0.6 is 22.6 Å². The first kappa shape index (κ1) is 15.8. The Hall–Kier alpha value is -2.56. The second-order valence-electron chi connectivity index (χ2n) is 4.15. The summed E-state index contributed by atoms with van der Waals surface area (Å²) in [6, 6.07) is 10.0. The van der Waals surface area contributed by atoms with Crippen LogP contribution in [0.3, 0.4) is 0 Å². The number of nitrogens with one attached hydrogen (secondary N) is 1. The lowest BCUT2D eigenvalue weighted by Crippen LogP contribution is -2.13. The zero-order valence-corrected chi connectivity index (χ0v) is 13.0. The number of anilines is 1. The first-order valence-electron chi connectivity index (χ1n) is 5.89. The van der Waals surface area contributed by atoms with Gasteiger partial charge in [-0.2, -0.15) is 0 Å². The molecule has 0 radical (unpaired) electrons. The van der Waals surface area contributed by atoms with E-state index >= 15 is 0 Å². The number of benzene rings is 2. The van der Waals surface area contributed by atoms with E-state index in [4.69, 9.17) is 0 Å². The summed E-state index contributed by atoms with van der Waals surface area (Å²) in [7, 11) is 0. The molecule has 0 bridgehead atoms. The average molecular weight is 413 g/mol. The van der Waals surface area contributed by atoms with E-state index in [1.165, 1.54) is 6.07 Å². The van der Waals surface area contributed by atoms with Crippen molar-refractivity contribution in [2.75, 3.05) is 5.32 Å². The molecule has 0 spiro atoms. The molecule has 0 aliphatic rings. The third-order valence-electron chi connectivity index (χ3n) is 2.75. The van der Waals surface area contributed by atoms with E-state index in [1.54, 1.807) is 24.3 Å². The summed E-state index contributed by atoms with van der Waals surface area (Å²) in [5.74, 6) is -0.581. The molecule has 0 aliphatic heterocycles. The van der Waals surface area contributed by atoms with Gasteiger partial charge in [0.05, 0.1) is 15.5 Å². The zero-order valence-electron chi connectivity index (χ0n) is 10.9. The van der Waals surface area contributed by atoms with Gasteiger partial charge in [0.1, 0.15) is 0 Å². The molecular weight excluding hydrogens is 405 g/mol. The van der Waals surface area contributed by atoms with Gasteiger partial charge in [0, 0.05) is 21.3 Å². The predicted octanol–water partition coefficient (Wildman–Crippen LogP) is 3.36. The van der Waals surface area contributed by atoms with Crippen molar-refractivity contribution < 1.29 is 14.6 Å². The van der Waals surface area contributed by atoms with Crippen molar-refractivity contribution in [1.29, 1.82) is 0 Å². The van der Waals surface area contributed by atoms with E-state index < -0.39 is 27.1 Å². The first-order valence-corrected chi connectivity index (χ1v) is 6.96. The minimum atomic E-state index is -0.888. The number of hydrogen-bond donors (Lipinski definition) is 1. The van der Waals surface area contributed by atoms with Crippen LogP contribution in [0.4, 0.5) is 17.1 Å². The summed E-state index contributed by atoms with van der Waals surface area (Å²) in [6.45, 7) is 0. The molecule has 8 nitrogen and oxygen atoms in total. The molecule has 0 heterocycles. The maximum absolute atomic E-state index is 12.1. The topological polar surface area (TPSA) is 115 Å². The summed E-state index contributed by atoms with van der Waals surface area (Å²) >= 11 is 2.03. The third kappa shape index (κ3) is 3.36. The lowest BCUT2D eigenvalue weighted by molar-refractivity contribution is -0.422. The van der Waals surface area contributed by atoms with Crippen LogP contribution in [0.2, 0.25) is 0 Å². The highest BCUT2D eigenvalue weighted by molar-refractivity contribution is 14.1. The number of nitrogens with zero attached hydrogens (tertiary/aromatic N) is 2. The molecule has 2 aromatic carbocycles. The maximum Gasteiger partial charge on any atom is 0.346 e. The van der Waals surface area contributed by atoms with Crippen LogP contribution in [0, 0.1) is 23.8 Å². The van der Waals surface area contributed by atoms with Gasteiger partial charge >= 0.3 is 11.4 Å². The van der Waals surface area contributed by atoms with Crippen molar-refractivity contribution in [2.24, 2.45) is 0 Å². The molecule has 112 valence electrons. The van der Waals surface area contributed by atoms with Crippen molar-refractivity contribution in [3.05, 3.63) is 71.8 Å². The molecule has 9 heteroatoms. The number of hydrogen-bond acceptors (Lipinski definition) is 5. The predicted molar refractivity (Wildman–Crippen MR) is 86.9 cm³/mol. The van der Waals surface area contributed by atoms with E-state index in [2.05, 4.69) is 5.32 Å². The highest BCUT2D eigenvalue weighted by Crippen LogP contribution is 2.28. The lowest BCUT2D eigenvalue weighted by atomic mass is 10.1. The van der Waals surface area contributed by atoms with Crippen molar-refractivity contribution in [3.8, 4) is 0 Å². The summed E-state index contributed by atoms with van der Waals surface area (Å²) in [4.78, 5) is 32.0. The third-order valence-corrected chi connectivity index (χ3v) is 3.69. The minimum absolute atomic E-state index is 0.0306. The fourth-order valence-corrected chi connectivity index (χ4v) is 2.24. The number of carbonyl (C=O) groups is 1. The number of amides is 1. The SMILES string of the molecule is O=C(Nc1ccccc1I)c1ccc([N+](=O)[O-])c([N+](=O)[O-])c1. The maximum atomic E-state index is 12.1. The molecule has 0 saturated carbocycles. The van der Waals surface area contributed by atoms with Crippen LogP contribution in [0.15, 0.2) is 42.5 Å². The Bertz CT molecular complexity index is 778. The largest absolute Gasteiger partial charge is 0.346 e. The summed E-state index contributed by atoms with van der Waals surface area (Å²) < 4.78 is 0.796. The number of para-hydroxylation sites is 1. The van der Waals surface area contributed by atoms with Gasteiger partial charge < -0.3 is 5.32 Å². The lowest BCUT2D eigenvalue weighted by Gasteiger charge is -2.07. The Morgan fingerprint density at radius 1 is 1.00 bits per heavy atom. The molecular formula is C13H8IN3O5. The van der Waals surface area contributed by atoms with Crippen LogP contribution in [-0.2, 0) is 0 Å². The standard InChI is InChI=1S/C13H8IN3O5/c14-9-3-1-2-4-10(9)15-13(18)8-5-6-11(16(19)20)12(7-8)17(21)22/h1-7H,(H,15,18). The Labute approximate surface area is 137 Å². The van der Waals surface area contributed by atoms with E-state index in [1.807, 2.05) is 22.6 Å². The van der Waals surface area contributed by atoms with E-state index in [9.17, 15) is 25.0 Å². The van der Waals surface area contributed by atoms with Crippen LogP contribution in [0.25, 0.3) is 0 Å². The first-order chi connectivity index (χ1) is 10.4. The van der Waals surface area contributed by atoms with Crippen LogP contribution in [-0.4, -0.2) is 15.8 Å². The number of nitro benzene ring substituents is 2. The molecule has 0 unspecified atom stereocenters. The van der Waals surface area contributed by atoms with Crippen LogP contribution < -0.4 is 5.32 Å². The number of halogens is 1. The molecule has 0 aromatic heterocycles. The second kappa shape index (κ2) is 6.47. The normalized spacial score (nSPS) is 10.0. The fraction of sp³-hybridized carbons (Fsp3) is 0. The van der Waals surface area contributed by atoms with Crippen molar-refractivity contribution in [2.45, 2.75) is 0 Å². The van der Waals surface area contributed by atoms with Crippen LogP contribution in [0.1, 0.15) is 10.4 Å². The second-order valence-corrected chi connectivity index (χ2v) is 5.31. The Balaban J connectivity index is 2.35. The van der Waals surface area contributed by atoms with Gasteiger partial charge in [0.2, 0.25) is 0 Å². The monoisotopic (exact) mass is 413 g/mol. The summed E-state index contributed by atoms with van der Waals surface area (Å²) in [5, 5.41) is 24.2. The van der Waals surface area contributed by atoms with Gasteiger partial charge in [0.25, 0.3) is 5.91 Å². The van der Waals surface area contributed by atoms with E-state index in [0.717, 1.165) is 15.7 Å². The number of nitro groups is 2. The Morgan fingerprint density at radius 2 is 1.64 bits per heavy atom. The van der Waals surface area contributed by atoms with Gasteiger partial charge in [-0.05, 0) is 40.8 Å². The van der Waals surface area contributed by atoms with Crippen molar-refractivity contribution in [3.63, 3.8) is 0 Å². The fourth-order valence-electron chi connectivity index (χ4n) is 1.72. The molecule has 2 rings (SSSR count). The van der Waals surface area contributed by atoms with Gasteiger partial charge in [0.15, 0.2) is 0 Å². The highest BCUT2D eigenvalue weighted by Gasteiger charge is 2.25. The van der Waals surface area contributed by atoms with Gasteiger partial charge in [-0.3, -0.25) is 25.0 Å².